The Labute approximate surface area is 150 Å². The number of anilines is 1. The Morgan fingerprint density at radius 3 is 2.52 bits per heavy atom. The van der Waals surface area contributed by atoms with E-state index in [9.17, 15) is 0 Å². The second-order valence-electron chi connectivity index (χ2n) is 5.30. The Morgan fingerprint density at radius 2 is 1.80 bits per heavy atom. The maximum Gasteiger partial charge on any atom is 0.321 e. The first kappa shape index (κ1) is 17.1. The van der Waals surface area contributed by atoms with E-state index in [0.29, 0.717) is 29.9 Å². The van der Waals surface area contributed by atoms with Crippen LogP contribution in [0.25, 0.3) is 11.4 Å². The minimum absolute atomic E-state index is 0.374. The van der Waals surface area contributed by atoms with E-state index in [-0.39, 0.29) is 0 Å². The zero-order valence-corrected chi connectivity index (χ0v) is 14.7. The molecule has 1 aromatic heterocycles. The number of nitrogens with one attached hydrogen (secondary N) is 1. The van der Waals surface area contributed by atoms with Gasteiger partial charge in [0.1, 0.15) is 0 Å². The van der Waals surface area contributed by atoms with E-state index in [0.717, 1.165) is 17.0 Å². The Morgan fingerprint density at radius 1 is 1.04 bits per heavy atom. The summed E-state index contributed by atoms with van der Waals surface area (Å²) < 4.78 is 15.8. The molecular weight excluding hydrogens is 342 g/mol. The minimum atomic E-state index is 0.374. The molecule has 3 aromatic rings. The normalized spacial score (nSPS) is 10.5. The second kappa shape index (κ2) is 7.90. The second-order valence-corrected chi connectivity index (χ2v) is 5.73. The van der Waals surface area contributed by atoms with Gasteiger partial charge in [0.15, 0.2) is 11.5 Å². The number of methoxy groups -OCH3 is 2. The van der Waals surface area contributed by atoms with Gasteiger partial charge in [-0.3, -0.25) is 0 Å². The van der Waals surface area contributed by atoms with E-state index in [1.807, 2.05) is 30.3 Å². The van der Waals surface area contributed by atoms with Gasteiger partial charge in [-0.05, 0) is 42.3 Å². The summed E-state index contributed by atoms with van der Waals surface area (Å²) in [5, 5.41) is 7.84. The van der Waals surface area contributed by atoms with Gasteiger partial charge in [0.05, 0.1) is 14.2 Å². The topological polar surface area (TPSA) is 69.4 Å². The number of hydrogen-bond acceptors (Lipinski definition) is 6. The fraction of sp³-hybridized carbons (Fsp3) is 0.222. The van der Waals surface area contributed by atoms with Crippen molar-refractivity contribution in [1.82, 2.24) is 10.1 Å². The molecule has 25 heavy (non-hydrogen) atoms. The van der Waals surface area contributed by atoms with Crippen LogP contribution < -0.4 is 14.8 Å². The molecule has 3 rings (SSSR count). The maximum atomic E-state index is 5.88. The first-order valence-corrected chi connectivity index (χ1v) is 8.12. The van der Waals surface area contributed by atoms with Crippen LogP contribution in [-0.2, 0) is 6.42 Å². The quantitative estimate of drug-likeness (QED) is 0.686. The van der Waals surface area contributed by atoms with Gasteiger partial charge in [0.25, 0.3) is 0 Å². The largest absolute Gasteiger partial charge is 0.493 e. The zero-order chi connectivity index (χ0) is 17.6. The van der Waals surface area contributed by atoms with Gasteiger partial charge in [0, 0.05) is 17.1 Å². The van der Waals surface area contributed by atoms with E-state index in [4.69, 9.17) is 25.6 Å². The Bertz CT molecular complexity index is 834. The fourth-order valence-corrected chi connectivity index (χ4v) is 2.48. The van der Waals surface area contributed by atoms with Crippen molar-refractivity contribution in [2.75, 3.05) is 26.1 Å². The van der Waals surface area contributed by atoms with Crippen LogP contribution in [0.5, 0.6) is 11.5 Å². The Balaban J connectivity index is 1.63. The molecule has 0 saturated heterocycles. The molecule has 7 heteroatoms. The van der Waals surface area contributed by atoms with Crippen LogP contribution in [0, 0.1) is 0 Å². The van der Waals surface area contributed by atoms with Gasteiger partial charge in [0.2, 0.25) is 5.82 Å². The van der Waals surface area contributed by atoms with Crippen molar-refractivity contribution < 1.29 is 14.0 Å². The van der Waals surface area contributed by atoms with Gasteiger partial charge in [-0.25, -0.2) is 0 Å². The molecule has 0 spiro atoms. The average Bonchev–Trinajstić information content (AvgIpc) is 3.11. The number of halogens is 1. The SMILES string of the molecule is COc1ccc(-c2noc(NCCc3ccc(Cl)cc3)n2)cc1OC. The molecular formula is C18H18ClN3O3. The summed E-state index contributed by atoms with van der Waals surface area (Å²) in [4.78, 5) is 4.35. The van der Waals surface area contributed by atoms with Gasteiger partial charge in [-0.2, -0.15) is 4.98 Å². The van der Waals surface area contributed by atoms with Gasteiger partial charge in [-0.15, -0.1) is 0 Å². The number of ether oxygens (including phenoxy) is 2. The predicted molar refractivity (Wildman–Crippen MR) is 96.5 cm³/mol. The predicted octanol–water partition coefficient (Wildman–Crippen LogP) is 4.06. The van der Waals surface area contributed by atoms with Crippen molar-refractivity contribution in [2.45, 2.75) is 6.42 Å². The molecule has 0 radical (unpaired) electrons. The zero-order valence-electron chi connectivity index (χ0n) is 14.0. The van der Waals surface area contributed by atoms with E-state index < -0.39 is 0 Å². The highest BCUT2D eigenvalue weighted by Gasteiger charge is 2.11. The highest BCUT2D eigenvalue weighted by molar-refractivity contribution is 6.30. The van der Waals surface area contributed by atoms with Crippen molar-refractivity contribution >= 4 is 17.6 Å². The monoisotopic (exact) mass is 359 g/mol. The van der Waals surface area contributed by atoms with E-state index in [1.165, 1.54) is 5.56 Å². The Hall–Kier alpha value is -2.73. The molecule has 0 saturated carbocycles. The van der Waals surface area contributed by atoms with Gasteiger partial charge < -0.3 is 19.3 Å². The summed E-state index contributed by atoms with van der Waals surface area (Å²) in [6.45, 7) is 0.676. The minimum Gasteiger partial charge on any atom is -0.493 e. The van der Waals surface area contributed by atoms with E-state index in [2.05, 4.69) is 15.5 Å². The molecule has 0 aliphatic heterocycles. The third kappa shape index (κ3) is 4.22. The lowest BCUT2D eigenvalue weighted by atomic mass is 10.1. The molecule has 6 nitrogen and oxygen atoms in total. The van der Waals surface area contributed by atoms with Gasteiger partial charge in [-0.1, -0.05) is 28.9 Å². The fourth-order valence-electron chi connectivity index (χ4n) is 2.35. The third-order valence-electron chi connectivity index (χ3n) is 3.67. The molecule has 0 bridgehead atoms. The lowest BCUT2D eigenvalue weighted by Gasteiger charge is -2.07. The molecule has 130 valence electrons. The summed E-state index contributed by atoms with van der Waals surface area (Å²) in [7, 11) is 3.18. The van der Waals surface area contributed by atoms with Gasteiger partial charge >= 0.3 is 6.01 Å². The molecule has 0 aliphatic rings. The first-order valence-electron chi connectivity index (χ1n) is 7.74. The summed E-state index contributed by atoms with van der Waals surface area (Å²) in [6, 6.07) is 13.6. The first-order chi connectivity index (χ1) is 12.2. The van der Waals surface area contributed by atoms with Crippen LogP contribution in [0.15, 0.2) is 47.0 Å². The molecule has 2 aromatic carbocycles. The number of hydrogen-bond donors (Lipinski definition) is 1. The Kier molecular flexibility index (Phi) is 5.40. The summed E-state index contributed by atoms with van der Waals surface area (Å²) in [5.41, 5.74) is 1.96. The number of rotatable bonds is 7. The van der Waals surface area contributed by atoms with E-state index >= 15 is 0 Å². The average molecular weight is 360 g/mol. The van der Waals surface area contributed by atoms with Crippen LogP contribution >= 0.6 is 11.6 Å². The lowest BCUT2D eigenvalue weighted by Crippen LogP contribution is -2.04. The highest BCUT2D eigenvalue weighted by atomic mass is 35.5. The molecule has 1 heterocycles. The van der Waals surface area contributed by atoms with Crippen molar-refractivity contribution in [3.05, 3.63) is 53.1 Å². The van der Waals surface area contributed by atoms with Crippen molar-refractivity contribution in [3.8, 4) is 22.9 Å². The van der Waals surface area contributed by atoms with Crippen LogP contribution in [0.2, 0.25) is 5.02 Å². The van der Waals surface area contributed by atoms with Crippen LogP contribution in [0.1, 0.15) is 5.56 Å². The van der Waals surface area contributed by atoms with Crippen LogP contribution in [0.4, 0.5) is 6.01 Å². The molecule has 0 unspecified atom stereocenters. The smallest absolute Gasteiger partial charge is 0.321 e. The maximum absolute atomic E-state index is 5.88. The summed E-state index contributed by atoms with van der Waals surface area (Å²) in [5.74, 6) is 1.74. The summed E-state index contributed by atoms with van der Waals surface area (Å²) >= 11 is 5.88. The number of nitrogens with zero attached hydrogens (tertiary/aromatic N) is 2. The lowest BCUT2D eigenvalue weighted by molar-refractivity contribution is 0.355. The van der Waals surface area contributed by atoms with Crippen molar-refractivity contribution in [1.29, 1.82) is 0 Å². The highest BCUT2D eigenvalue weighted by Crippen LogP contribution is 2.31. The molecule has 0 aliphatic carbocycles. The number of benzene rings is 2. The van der Waals surface area contributed by atoms with E-state index in [1.54, 1.807) is 26.4 Å². The van der Waals surface area contributed by atoms with Crippen LogP contribution in [0.3, 0.4) is 0 Å². The standard InChI is InChI=1S/C18H18ClN3O3/c1-23-15-8-5-13(11-16(15)24-2)17-21-18(25-22-17)20-10-9-12-3-6-14(19)7-4-12/h3-8,11H,9-10H2,1-2H3,(H,20,21,22). The summed E-state index contributed by atoms with van der Waals surface area (Å²) in [6.07, 6.45) is 0.825. The number of aromatic nitrogens is 2. The van der Waals surface area contributed by atoms with Crippen molar-refractivity contribution in [2.24, 2.45) is 0 Å². The van der Waals surface area contributed by atoms with Crippen molar-refractivity contribution in [3.63, 3.8) is 0 Å². The molecule has 1 N–H and O–H groups in total. The molecule has 0 atom stereocenters. The molecule has 0 fully saturated rings. The molecule has 0 amide bonds. The van der Waals surface area contributed by atoms with Crippen LogP contribution in [-0.4, -0.2) is 30.9 Å². The third-order valence-corrected chi connectivity index (χ3v) is 3.92.